The van der Waals surface area contributed by atoms with Crippen LogP contribution in [0.25, 0.3) is 64.2 Å². The van der Waals surface area contributed by atoms with Gasteiger partial charge in [-0.15, -0.1) is 11.3 Å². The number of aromatic hydroxyl groups is 1. The van der Waals surface area contributed by atoms with E-state index in [1.807, 2.05) is 24.3 Å². The molecule has 1 aromatic heterocycles. The zero-order valence-electron chi connectivity index (χ0n) is 17.0. The number of aromatic nitrogens is 1. The summed E-state index contributed by atoms with van der Waals surface area (Å²) in [5, 5.41) is 19.1. The average molecular weight is 428 g/mol. The lowest BCUT2D eigenvalue weighted by molar-refractivity contribution is 0.477. The highest BCUT2D eigenvalue weighted by molar-refractivity contribution is 7.21. The van der Waals surface area contributed by atoms with Crippen molar-refractivity contribution in [2.75, 3.05) is 0 Å². The van der Waals surface area contributed by atoms with Gasteiger partial charge in [-0.2, -0.15) is 0 Å². The molecule has 0 aliphatic rings. The van der Waals surface area contributed by atoms with Crippen LogP contribution in [0.3, 0.4) is 0 Å². The molecule has 1 heterocycles. The van der Waals surface area contributed by atoms with Crippen molar-refractivity contribution in [1.29, 1.82) is 0 Å². The van der Waals surface area contributed by atoms with Crippen LogP contribution in [0.5, 0.6) is 5.75 Å². The van der Waals surface area contributed by atoms with Crippen molar-refractivity contribution in [1.82, 2.24) is 4.98 Å². The van der Waals surface area contributed by atoms with Gasteiger partial charge in [-0.1, -0.05) is 72.8 Å². The number of nitrogens with zero attached hydrogens (tertiary/aromatic N) is 1. The van der Waals surface area contributed by atoms with Gasteiger partial charge in [-0.3, -0.25) is 0 Å². The zero-order chi connectivity index (χ0) is 21.2. The van der Waals surface area contributed by atoms with Gasteiger partial charge in [0.25, 0.3) is 0 Å². The summed E-state index contributed by atoms with van der Waals surface area (Å²) in [6.07, 6.45) is 0. The Labute approximate surface area is 188 Å². The van der Waals surface area contributed by atoms with Crippen LogP contribution in [-0.2, 0) is 0 Å². The lowest BCUT2D eigenvalue weighted by Crippen LogP contribution is -1.88. The van der Waals surface area contributed by atoms with Crippen molar-refractivity contribution < 1.29 is 5.11 Å². The minimum atomic E-state index is 0.255. The van der Waals surface area contributed by atoms with E-state index in [2.05, 4.69) is 66.7 Å². The fourth-order valence-electron chi connectivity index (χ4n) is 4.85. The number of hydrogen-bond acceptors (Lipinski definition) is 3. The van der Waals surface area contributed by atoms with Gasteiger partial charge in [-0.05, 0) is 67.7 Å². The fraction of sp³-hybridized carbons (Fsp3) is 0. The molecule has 0 saturated carbocycles. The van der Waals surface area contributed by atoms with E-state index >= 15 is 0 Å². The van der Waals surface area contributed by atoms with E-state index in [1.54, 1.807) is 17.4 Å². The van der Waals surface area contributed by atoms with E-state index in [9.17, 15) is 5.11 Å². The highest BCUT2D eigenvalue weighted by atomic mass is 32.1. The van der Waals surface area contributed by atoms with Gasteiger partial charge in [0.2, 0.25) is 0 Å². The lowest BCUT2D eigenvalue weighted by Gasteiger charge is -2.14. The van der Waals surface area contributed by atoms with Crippen molar-refractivity contribution in [3.63, 3.8) is 0 Å². The standard InChI is InChI=1S/C29H17NOS/c31-25-15-12-20(16-23(25)29-30-24-6-1-2-7-26(24)32-29)21-13-10-19-9-8-17-4-3-5-18-11-14-22(21)28(19)27(17)18/h1-16,31H. The second-order valence-corrected chi connectivity index (χ2v) is 9.22. The second-order valence-electron chi connectivity index (χ2n) is 8.19. The molecule has 32 heavy (non-hydrogen) atoms. The molecule has 0 unspecified atom stereocenters. The van der Waals surface area contributed by atoms with Crippen molar-refractivity contribution in [3.05, 3.63) is 97.1 Å². The van der Waals surface area contributed by atoms with Crippen molar-refractivity contribution in [3.8, 4) is 27.4 Å². The van der Waals surface area contributed by atoms with Gasteiger partial charge in [0.15, 0.2) is 0 Å². The number of para-hydroxylation sites is 1. The van der Waals surface area contributed by atoms with Crippen LogP contribution in [0.1, 0.15) is 0 Å². The maximum Gasteiger partial charge on any atom is 0.128 e. The summed E-state index contributed by atoms with van der Waals surface area (Å²) in [4.78, 5) is 4.77. The van der Waals surface area contributed by atoms with Gasteiger partial charge in [-0.25, -0.2) is 4.98 Å². The number of rotatable bonds is 2. The molecule has 0 aliphatic heterocycles. The van der Waals surface area contributed by atoms with Crippen molar-refractivity contribution in [2.24, 2.45) is 0 Å². The van der Waals surface area contributed by atoms with E-state index in [-0.39, 0.29) is 5.75 Å². The van der Waals surface area contributed by atoms with E-state index in [0.29, 0.717) is 0 Å². The summed E-state index contributed by atoms with van der Waals surface area (Å²) < 4.78 is 1.12. The summed E-state index contributed by atoms with van der Waals surface area (Å²) >= 11 is 1.61. The topological polar surface area (TPSA) is 33.1 Å². The number of benzene rings is 6. The Balaban J connectivity index is 1.49. The molecular weight excluding hydrogens is 410 g/mol. The number of hydrogen-bond donors (Lipinski definition) is 1. The molecule has 6 aromatic carbocycles. The Morgan fingerprint density at radius 1 is 0.625 bits per heavy atom. The maximum absolute atomic E-state index is 10.7. The Kier molecular flexibility index (Phi) is 3.61. The zero-order valence-corrected chi connectivity index (χ0v) is 17.9. The molecule has 0 aliphatic carbocycles. The third-order valence-electron chi connectivity index (χ3n) is 6.36. The molecule has 2 nitrogen and oxygen atoms in total. The molecule has 0 fully saturated rings. The molecule has 0 bridgehead atoms. The number of phenolic OH excluding ortho intramolecular Hbond substituents is 1. The Morgan fingerprint density at radius 2 is 1.38 bits per heavy atom. The van der Waals surface area contributed by atoms with E-state index in [4.69, 9.17) is 4.98 Å². The van der Waals surface area contributed by atoms with Gasteiger partial charge < -0.3 is 5.11 Å². The van der Waals surface area contributed by atoms with Crippen molar-refractivity contribution >= 4 is 53.9 Å². The summed E-state index contributed by atoms with van der Waals surface area (Å²) in [5.74, 6) is 0.255. The average Bonchev–Trinajstić information content (AvgIpc) is 3.27. The molecule has 3 heteroatoms. The van der Waals surface area contributed by atoms with Crippen LogP contribution >= 0.6 is 11.3 Å². The molecule has 0 amide bonds. The third-order valence-corrected chi connectivity index (χ3v) is 7.43. The number of thiazole rings is 1. The molecule has 150 valence electrons. The van der Waals surface area contributed by atoms with Crippen LogP contribution in [0.15, 0.2) is 97.1 Å². The fourth-order valence-corrected chi connectivity index (χ4v) is 5.84. The van der Waals surface area contributed by atoms with Crippen LogP contribution in [0, 0.1) is 0 Å². The smallest absolute Gasteiger partial charge is 0.128 e. The Bertz CT molecular complexity index is 1750. The van der Waals surface area contributed by atoms with E-state index in [0.717, 1.165) is 31.9 Å². The van der Waals surface area contributed by atoms with Crippen LogP contribution < -0.4 is 0 Å². The third kappa shape index (κ3) is 2.49. The molecule has 0 radical (unpaired) electrons. The normalized spacial score (nSPS) is 11.9. The first-order valence-corrected chi connectivity index (χ1v) is 11.4. The number of fused-ring (bicyclic) bond motifs is 1. The highest BCUT2D eigenvalue weighted by Gasteiger charge is 2.15. The minimum absolute atomic E-state index is 0.255. The molecule has 0 saturated heterocycles. The van der Waals surface area contributed by atoms with Crippen LogP contribution in [-0.4, -0.2) is 10.1 Å². The first kappa shape index (κ1) is 17.7. The maximum atomic E-state index is 10.7. The SMILES string of the molecule is Oc1ccc(-c2ccc3ccc4cccc5ccc2c3c45)cc1-c1nc2ccccc2s1. The second kappa shape index (κ2) is 6.52. The molecule has 0 spiro atoms. The molecular formula is C29H17NOS. The minimum Gasteiger partial charge on any atom is -0.507 e. The van der Waals surface area contributed by atoms with Gasteiger partial charge >= 0.3 is 0 Å². The molecule has 1 N–H and O–H groups in total. The number of phenols is 1. The highest BCUT2D eigenvalue weighted by Crippen LogP contribution is 2.42. The summed E-state index contributed by atoms with van der Waals surface area (Å²) in [5.41, 5.74) is 3.97. The predicted molar refractivity (Wildman–Crippen MR) is 136 cm³/mol. The summed E-state index contributed by atoms with van der Waals surface area (Å²) in [7, 11) is 0. The van der Waals surface area contributed by atoms with Crippen molar-refractivity contribution in [2.45, 2.75) is 0 Å². The van der Waals surface area contributed by atoms with Crippen LogP contribution in [0.4, 0.5) is 0 Å². The largest absolute Gasteiger partial charge is 0.507 e. The Hall–Kier alpha value is -3.95. The summed E-state index contributed by atoms with van der Waals surface area (Å²) in [6.45, 7) is 0. The van der Waals surface area contributed by atoms with Crippen LogP contribution in [0.2, 0.25) is 0 Å². The molecule has 7 aromatic rings. The molecule has 0 atom stereocenters. The Morgan fingerprint density at radius 3 is 2.22 bits per heavy atom. The first-order chi connectivity index (χ1) is 15.8. The quantitative estimate of drug-likeness (QED) is 0.282. The van der Waals surface area contributed by atoms with E-state index in [1.165, 1.54) is 32.3 Å². The molecule has 7 rings (SSSR count). The predicted octanol–water partition coefficient (Wildman–Crippen LogP) is 8.23. The monoisotopic (exact) mass is 427 g/mol. The van der Waals surface area contributed by atoms with E-state index < -0.39 is 0 Å². The van der Waals surface area contributed by atoms with Gasteiger partial charge in [0.05, 0.1) is 15.8 Å². The van der Waals surface area contributed by atoms with Gasteiger partial charge in [0.1, 0.15) is 10.8 Å². The van der Waals surface area contributed by atoms with Gasteiger partial charge in [0, 0.05) is 0 Å². The lowest BCUT2D eigenvalue weighted by atomic mass is 9.89. The summed E-state index contributed by atoms with van der Waals surface area (Å²) in [6, 6.07) is 33.7. The first-order valence-electron chi connectivity index (χ1n) is 10.6.